The van der Waals surface area contributed by atoms with Crippen molar-refractivity contribution in [3.63, 3.8) is 0 Å². The van der Waals surface area contributed by atoms with Crippen molar-refractivity contribution >= 4 is 0 Å². The van der Waals surface area contributed by atoms with Gasteiger partial charge in [0.25, 0.3) is 0 Å². The van der Waals surface area contributed by atoms with E-state index in [4.69, 9.17) is 0 Å². The third kappa shape index (κ3) is 73.9. The van der Waals surface area contributed by atoms with E-state index in [9.17, 15) is 0 Å². The van der Waals surface area contributed by atoms with E-state index in [1.807, 2.05) is 21.1 Å². The predicted octanol–water partition coefficient (Wildman–Crippen LogP) is 0.482. The van der Waals surface area contributed by atoms with Crippen LogP contribution in [0.5, 0.6) is 0 Å². The van der Waals surface area contributed by atoms with Crippen molar-refractivity contribution in [2.75, 3.05) is 21.1 Å². The smallest absolute Gasteiger partial charge is 0.464 e. The maximum absolute atomic E-state index is 3.71. The van der Waals surface area contributed by atoms with E-state index in [2.05, 4.69) is 7.05 Å². The molecule has 0 aromatic carbocycles. The fourth-order valence-corrected chi connectivity index (χ4v) is 0. The molecule has 0 aliphatic carbocycles. The monoisotopic (exact) mass is 162 g/mol. The van der Waals surface area contributed by atoms with E-state index < -0.39 is 0 Å². The molecule has 0 amide bonds. The van der Waals surface area contributed by atoms with Crippen LogP contribution in [0.1, 0.15) is 0 Å². The van der Waals surface area contributed by atoms with Gasteiger partial charge in [0.2, 0.25) is 0 Å². The molecule has 0 unspecified atom stereocenters. The fourth-order valence-electron chi connectivity index (χ4n) is 0. The summed E-state index contributed by atoms with van der Waals surface area (Å²) in [5.74, 6) is 0. The Hall–Kier alpha value is 1.06. The van der Waals surface area contributed by atoms with Crippen LogP contribution in [0, 0.1) is 7.05 Å². The average molecular weight is 162 g/mol. The average Bonchev–Trinajstić information content (AvgIpc) is 0.722. The first-order valence-electron chi connectivity index (χ1n) is 1.66. The van der Waals surface area contributed by atoms with Crippen LogP contribution in [0.25, 0.3) is 0 Å². The molecular formula is C4H11NY+3. The summed E-state index contributed by atoms with van der Waals surface area (Å²) in [5.41, 5.74) is 0. The minimum atomic E-state index is 0. The van der Waals surface area contributed by atoms with E-state index in [1.165, 1.54) is 0 Å². The number of nitrogens with zero attached hydrogens (tertiary/aromatic N) is 1. The van der Waals surface area contributed by atoms with Gasteiger partial charge in [-0.1, -0.05) is 0 Å². The van der Waals surface area contributed by atoms with E-state index in [0.29, 0.717) is 0 Å². The number of rotatable bonds is 0. The van der Waals surface area contributed by atoms with Crippen LogP contribution in [0.2, 0.25) is 0 Å². The molecule has 6 heavy (non-hydrogen) atoms. The third-order valence-electron chi connectivity index (χ3n) is 0. The minimum Gasteiger partial charge on any atom is -0.464 e. The Labute approximate surface area is 65.2 Å². The van der Waals surface area contributed by atoms with Crippen molar-refractivity contribution in [2.24, 2.45) is 0 Å². The Morgan fingerprint density at radius 3 is 1.17 bits per heavy atom. The van der Waals surface area contributed by atoms with Crippen molar-refractivity contribution in [2.45, 2.75) is 0 Å². The topological polar surface area (TPSA) is 0 Å². The van der Waals surface area contributed by atoms with Gasteiger partial charge in [-0.3, -0.25) is 0 Å². The molecule has 0 aliphatic heterocycles. The molecular weight excluding hydrogens is 151 g/mol. The Morgan fingerprint density at radius 1 is 1.17 bits per heavy atom. The summed E-state index contributed by atoms with van der Waals surface area (Å²) in [6, 6.07) is 0. The molecule has 1 nitrogen and oxygen atoms in total. The molecule has 0 heterocycles. The first kappa shape index (κ1) is 10.1. The maximum atomic E-state index is 3.71. The van der Waals surface area contributed by atoms with E-state index in [1.54, 1.807) is 0 Å². The van der Waals surface area contributed by atoms with Crippen molar-refractivity contribution in [3.8, 4) is 0 Å². The van der Waals surface area contributed by atoms with Crippen LogP contribution < -0.4 is 0 Å². The summed E-state index contributed by atoms with van der Waals surface area (Å²) in [7, 11) is 9.75. The van der Waals surface area contributed by atoms with E-state index in [-0.39, 0.29) is 32.7 Å². The Kier molecular flexibility index (Phi) is 5.26. The van der Waals surface area contributed by atoms with E-state index >= 15 is 0 Å². The van der Waals surface area contributed by atoms with Gasteiger partial charge in [-0.05, 0) is 0 Å². The molecule has 0 N–H and O–H groups in total. The second-order valence-corrected chi connectivity index (χ2v) is 2.29. The molecule has 0 radical (unpaired) electrons. The number of hydrogen-bond donors (Lipinski definition) is 0. The van der Waals surface area contributed by atoms with E-state index in [0.717, 1.165) is 4.48 Å². The second-order valence-electron chi connectivity index (χ2n) is 2.29. The van der Waals surface area contributed by atoms with Crippen molar-refractivity contribution in [3.05, 3.63) is 7.05 Å². The SMILES string of the molecule is [CH2-][N+](C)(C)C.[Y+3]. The van der Waals surface area contributed by atoms with Crippen molar-refractivity contribution < 1.29 is 37.2 Å². The molecule has 0 aromatic rings. The molecule has 32 valence electrons. The Morgan fingerprint density at radius 2 is 1.17 bits per heavy atom. The van der Waals surface area contributed by atoms with Gasteiger partial charge in [0, 0.05) is 21.1 Å². The van der Waals surface area contributed by atoms with Gasteiger partial charge < -0.3 is 4.48 Å². The fraction of sp³-hybridized carbons (Fsp3) is 0.750. The molecule has 2 heteroatoms. The van der Waals surface area contributed by atoms with Gasteiger partial charge in [0.1, 0.15) is 0 Å². The molecule has 0 fully saturated rings. The van der Waals surface area contributed by atoms with Crippen LogP contribution in [0.3, 0.4) is 0 Å². The number of quaternary nitrogens is 1. The predicted molar refractivity (Wildman–Crippen MR) is 23.4 cm³/mol. The largest absolute Gasteiger partial charge is 3.00 e. The maximum Gasteiger partial charge on any atom is 3.00 e. The van der Waals surface area contributed by atoms with Crippen molar-refractivity contribution in [1.82, 2.24) is 0 Å². The molecule has 0 spiro atoms. The molecule has 0 saturated carbocycles. The summed E-state index contributed by atoms with van der Waals surface area (Å²) in [6.07, 6.45) is 0. The zero-order chi connectivity index (χ0) is 4.50. The van der Waals surface area contributed by atoms with Gasteiger partial charge in [-0.25, -0.2) is 0 Å². The zero-order valence-corrected chi connectivity index (χ0v) is 7.57. The van der Waals surface area contributed by atoms with Crippen molar-refractivity contribution in [1.29, 1.82) is 0 Å². The standard InChI is InChI=1S/C4H11N.Y/c1-5(2,3)4;/h1H2,2-4H3;/q;+3. The quantitative estimate of drug-likeness (QED) is 0.359. The van der Waals surface area contributed by atoms with Crippen LogP contribution in [-0.4, -0.2) is 25.6 Å². The van der Waals surface area contributed by atoms with Crippen LogP contribution in [-0.2, 0) is 32.7 Å². The Bertz CT molecular complexity index is 23.0. The molecule has 0 saturated heterocycles. The summed E-state index contributed by atoms with van der Waals surface area (Å²) in [4.78, 5) is 0. The van der Waals surface area contributed by atoms with Gasteiger partial charge in [0.15, 0.2) is 0 Å². The molecule has 0 bridgehead atoms. The molecule has 0 aliphatic rings. The summed E-state index contributed by atoms with van der Waals surface area (Å²) in [5, 5.41) is 0. The molecule has 0 atom stereocenters. The second kappa shape index (κ2) is 3.12. The zero-order valence-electron chi connectivity index (χ0n) is 4.73. The first-order valence-corrected chi connectivity index (χ1v) is 1.66. The third-order valence-corrected chi connectivity index (χ3v) is 0. The minimum absolute atomic E-state index is 0. The summed E-state index contributed by atoms with van der Waals surface area (Å²) >= 11 is 0. The van der Waals surface area contributed by atoms with Crippen LogP contribution >= 0.6 is 0 Å². The summed E-state index contributed by atoms with van der Waals surface area (Å²) < 4.78 is 0.750. The van der Waals surface area contributed by atoms with Gasteiger partial charge >= 0.3 is 32.7 Å². The number of hydrogen-bond acceptors (Lipinski definition) is 0. The normalized spacial score (nSPS) is 10.0. The first-order chi connectivity index (χ1) is 2.00. The van der Waals surface area contributed by atoms with Crippen LogP contribution in [0.4, 0.5) is 0 Å². The van der Waals surface area contributed by atoms with Gasteiger partial charge in [-0.2, -0.15) is 0 Å². The van der Waals surface area contributed by atoms with Crippen LogP contribution in [0.15, 0.2) is 0 Å². The molecule has 0 aromatic heterocycles. The van der Waals surface area contributed by atoms with Gasteiger partial charge in [0.05, 0.1) is 0 Å². The summed E-state index contributed by atoms with van der Waals surface area (Å²) in [6.45, 7) is 0. The molecule has 0 rings (SSSR count). The van der Waals surface area contributed by atoms with Gasteiger partial charge in [-0.15, -0.1) is 7.05 Å². The Balaban J connectivity index is 0.